The minimum atomic E-state index is -1.12. The van der Waals surface area contributed by atoms with Gasteiger partial charge in [0.05, 0.1) is 5.69 Å². The van der Waals surface area contributed by atoms with Crippen LogP contribution in [0.1, 0.15) is 21.9 Å². The molecule has 0 aliphatic heterocycles. The maximum absolute atomic E-state index is 11.0. The highest BCUT2D eigenvalue weighted by atomic mass is 16.5. The van der Waals surface area contributed by atoms with Crippen LogP contribution in [0.3, 0.4) is 0 Å². The molecule has 0 saturated carbocycles. The molecule has 6 heteroatoms. The van der Waals surface area contributed by atoms with E-state index >= 15 is 0 Å². The van der Waals surface area contributed by atoms with Gasteiger partial charge in [-0.15, -0.1) is 0 Å². The molecule has 0 amide bonds. The zero-order valence-electron chi connectivity index (χ0n) is 10.3. The number of carboxylic acids is 1. The summed E-state index contributed by atoms with van der Waals surface area (Å²) in [4.78, 5) is 14.8. The van der Waals surface area contributed by atoms with Crippen LogP contribution < -0.4 is 4.74 Å². The molecule has 18 heavy (non-hydrogen) atoms. The fraction of sp³-hybridized carbons (Fsp3) is 0.250. The van der Waals surface area contributed by atoms with Gasteiger partial charge in [-0.3, -0.25) is 4.68 Å². The fourth-order valence-corrected chi connectivity index (χ4v) is 1.65. The summed E-state index contributed by atoms with van der Waals surface area (Å²) in [6, 6.07) is 3.20. The average molecular weight is 247 g/mol. The Hall–Kier alpha value is -2.37. The summed E-state index contributed by atoms with van der Waals surface area (Å²) < 4.78 is 7.31. The summed E-state index contributed by atoms with van der Waals surface area (Å²) in [5.41, 5.74) is 1.42. The van der Waals surface area contributed by atoms with Crippen LogP contribution in [0.4, 0.5) is 0 Å². The third-order valence-corrected chi connectivity index (χ3v) is 2.63. The van der Waals surface area contributed by atoms with Gasteiger partial charge in [-0.25, -0.2) is 9.78 Å². The van der Waals surface area contributed by atoms with Crippen molar-refractivity contribution in [2.45, 2.75) is 13.8 Å². The van der Waals surface area contributed by atoms with Crippen molar-refractivity contribution in [1.82, 2.24) is 14.8 Å². The molecule has 0 atom stereocenters. The van der Waals surface area contributed by atoms with Gasteiger partial charge in [0, 0.05) is 13.2 Å². The average Bonchev–Trinajstić information content (AvgIpc) is 2.56. The van der Waals surface area contributed by atoms with E-state index in [1.54, 1.807) is 30.8 Å². The van der Waals surface area contributed by atoms with Crippen molar-refractivity contribution in [1.29, 1.82) is 0 Å². The molecule has 0 aliphatic rings. The Morgan fingerprint density at radius 2 is 2.17 bits per heavy atom. The van der Waals surface area contributed by atoms with Crippen LogP contribution in [0.25, 0.3) is 0 Å². The van der Waals surface area contributed by atoms with E-state index < -0.39 is 5.97 Å². The van der Waals surface area contributed by atoms with Crippen molar-refractivity contribution in [3.63, 3.8) is 0 Å². The Bertz CT molecular complexity index is 605. The topological polar surface area (TPSA) is 77.2 Å². The third-order valence-electron chi connectivity index (χ3n) is 2.63. The molecular weight excluding hydrogens is 234 g/mol. The van der Waals surface area contributed by atoms with Gasteiger partial charge in [-0.05, 0) is 26.0 Å². The van der Waals surface area contributed by atoms with Crippen molar-refractivity contribution in [2.75, 3.05) is 0 Å². The summed E-state index contributed by atoms with van der Waals surface area (Å²) in [5, 5.41) is 13.2. The molecule has 2 aromatic heterocycles. The van der Waals surface area contributed by atoms with Gasteiger partial charge in [0.1, 0.15) is 5.69 Å². The third kappa shape index (κ3) is 2.04. The lowest BCUT2D eigenvalue weighted by Crippen LogP contribution is -2.03. The van der Waals surface area contributed by atoms with Crippen LogP contribution in [0.15, 0.2) is 18.3 Å². The number of aryl methyl sites for hydroxylation is 2. The molecule has 2 heterocycles. The summed E-state index contributed by atoms with van der Waals surface area (Å²) in [7, 11) is 1.80. The highest BCUT2D eigenvalue weighted by Gasteiger charge is 2.17. The Labute approximate surface area is 104 Å². The lowest BCUT2D eigenvalue weighted by atomic mass is 10.3. The normalized spacial score (nSPS) is 10.4. The van der Waals surface area contributed by atoms with Gasteiger partial charge in [-0.1, -0.05) is 0 Å². The van der Waals surface area contributed by atoms with E-state index in [1.807, 2.05) is 6.92 Å². The highest BCUT2D eigenvalue weighted by molar-refractivity contribution is 5.88. The molecular formula is C12H13N3O3. The van der Waals surface area contributed by atoms with E-state index in [2.05, 4.69) is 10.1 Å². The predicted molar refractivity (Wildman–Crippen MR) is 64.0 cm³/mol. The number of carboxylic acid groups (broad SMARTS) is 1. The van der Waals surface area contributed by atoms with E-state index in [9.17, 15) is 4.79 Å². The zero-order valence-corrected chi connectivity index (χ0v) is 10.3. The SMILES string of the molecule is Cc1nn(C)c(C)c1Oc1cccnc1C(=O)O. The molecule has 1 N–H and O–H groups in total. The predicted octanol–water partition coefficient (Wildman–Crippen LogP) is 1.92. The largest absolute Gasteiger partial charge is 0.476 e. The van der Waals surface area contributed by atoms with Crippen LogP contribution in [0.5, 0.6) is 11.5 Å². The van der Waals surface area contributed by atoms with Crippen molar-refractivity contribution in [2.24, 2.45) is 7.05 Å². The van der Waals surface area contributed by atoms with E-state index in [0.717, 1.165) is 5.69 Å². The molecule has 94 valence electrons. The fourth-order valence-electron chi connectivity index (χ4n) is 1.65. The summed E-state index contributed by atoms with van der Waals surface area (Å²) >= 11 is 0. The maximum atomic E-state index is 11.0. The van der Waals surface area contributed by atoms with Crippen molar-refractivity contribution in [3.05, 3.63) is 35.4 Å². The van der Waals surface area contributed by atoms with Crippen molar-refractivity contribution >= 4 is 5.97 Å². The second-order valence-corrected chi connectivity index (χ2v) is 3.88. The molecule has 0 radical (unpaired) electrons. The van der Waals surface area contributed by atoms with Crippen molar-refractivity contribution in [3.8, 4) is 11.5 Å². The molecule has 0 saturated heterocycles. The molecule has 0 unspecified atom stereocenters. The van der Waals surface area contributed by atoms with Crippen LogP contribution >= 0.6 is 0 Å². The van der Waals surface area contributed by atoms with E-state index in [-0.39, 0.29) is 11.4 Å². The first kappa shape index (κ1) is 12.1. The van der Waals surface area contributed by atoms with Gasteiger partial charge in [0.25, 0.3) is 0 Å². The standard InChI is InChI=1S/C12H13N3O3/c1-7-11(8(2)15(3)14-7)18-9-5-4-6-13-10(9)12(16)17/h4-6H,1-3H3,(H,16,17). The number of ether oxygens (including phenoxy) is 1. The number of pyridine rings is 1. The summed E-state index contributed by atoms with van der Waals surface area (Å²) in [6.07, 6.45) is 1.42. The molecule has 0 aromatic carbocycles. The van der Waals surface area contributed by atoms with Crippen LogP contribution in [-0.4, -0.2) is 25.8 Å². The zero-order chi connectivity index (χ0) is 13.3. The second-order valence-electron chi connectivity index (χ2n) is 3.88. The first-order valence-electron chi connectivity index (χ1n) is 5.37. The molecule has 2 rings (SSSR count). The van der Waals surface area contributed by atoms with E-state index in [4.69, 9.17) is 9.84 Å². The molecule has 0 aliphatic carbocycles. The minimum absolute atomic E-state index is 0.111. The highest BCUT2D eigenvalue weighted by Crippen LogP contribution is 2.29. The van der Waals surface area contributed by atoms with Gasteiger partial charge in [0.15, 0.2) is 17.2 Å². The van der Waals surface area contributed by atoms with Crippen molar-refractivity contribution < 1.29 is 14.6 Å². The monoisotopic (exact) mass is 247 g/mol. The summed E-state index contributed by atoms with van der Waals surface area (Å²) in [5.74, 6) is -0.345. The quantitative estimate of drug-likeness (QED) is 0.896. The van der Waals surface area contributed by atoms with E-state index in [0.29, 0.717) is 11.4 Å². The van der Waals surface area contributed by atoms with Crippen LogP contribution in [-0.2, 0) is 7.05 Å². The molecule has 0 spiro atoms. The molecule has 2 aromatic rings. The molecule has 0 bridgehead atoms. The lowest BCUT2D eigenvalue weighted by molar-refractivity contribution is 0.0687. The number of hydrogen-bond acceptors (Lipinski definition) is 4. The van der Waals surface area contributed by atoms with Gasteiger partial charge in [-0.2, -0.15) is 5.10 Å². The second kappa shape index (κ2) is 4.48. The van der Waals surface area contributed by atoms with Gasteiger partial charge < -0.3 is 9.84 Å². The first-order chi connectivity index (χ1) is 8.50. The Kier molecular flexibility index (Phi) is 3.01. The Morgan fingerprint density at radius 3 is 2.72 bits per heavy atom. The van der Waals surface area contributed by atoms with Gasteiger partial charge in [0.2, 0.25) is 0 Å². The smallest absolute Gasteiger partial charge is 0.358 e. The number of aromatic carboxylic acids is 1. The first-order valence-corrected chi connectivity index (χ1v) is 5.37. The number of hydrogen-bond donors (Lipinski definition) is 1. The van der Waals surface area contributed by atoms with Crippen LogP contribution in [0.2, 0.25) is 0 Å². The van der Waals surface area contributed by atoms with Gasteiger partial charge >= 0.3 is 5.97 Å². The Morgan fingerprint density at radius 1 is 1.44 bits per heavy atom. The summed E-state index contributed by atoms with van der Waals surface area (Å²) in [6.45, 7) is 3.66. The number of nitrogens with zero attached hydrogens (tertiary/aromatic N) is 3. The number of carbonyl (C=O) groups is 1. The number of aromatic nitrogens is 3. The number of rotatable bonds is 3. The molecule has 6 nitrogen and oxygen atoms in total. The van der Waals surface area contributed by atoms with Crippen LogP contribution in [0, 0.1) is 13.8 Å². The Balaban J connectivity index is 2.43. The maximum Gasteiger partial charge on any atom is 0.358 e. The minimum Gasteiger partial charge on any atom is -0.476 e. The van der Waals surface area contributed by atoms with E-state index in [1.165, 1.54) is 6.20 Å². The molecule has 0 fully saturated rings. The lowest BCUT2D eigenvalue weighted by Gasteiger charge is -2.07.